The molecule has 2 aromatic rings. The van der Waals surface area contributed by atoms with Gasteiger partial charge in [0.05, 0.1) is 25.8 Å². The highest BCUT2D eigenvalue weighted by Crippen LogP contribution is 2.39. The Kier molecular flexibility index (Phi) is 4.66. The number of aryl methyl sites for hydroxylation is 1. The normalized spacial score (nSPS) is 16.6. The second kappa shape index (κ2) is 6.89. The van der Waals surface area contributed by atoms with E-state index in [1.807, 2.05) is 23.1 Å². The van der Waals surface area contributed by atoms with Crippen LogP contribution >= 0.6 is 0 Å². The number of aromatic nitrogens is 1. The molecular weight excluding hydrogens is 318 g/mol. The number of benzene rings is 1. The lowest BCUT2D eigenvalue weighted by Gasteiger charge is -2.26. The van der Waals surface area contributed by atoms with Gasteiger partial charge in [-0.2, -0.15) is 5.26 Å². The van der Waals surface area contributed by atoms with E-state index in [2.05, 4.69) is 6.07 Å². The van der Waals surface area contributed by atoms with Crippen molar-refractivity contribution in [3.8, 4) is 17.6 Å². The maximum Gasteiger partial charge on any atom is 0.271 e. The summed E-state index contributed by atoms with van der Waals surface area (Å²) < 4.78 is 12.5. The van der Waals surface area contributed by atoms with Crippen molar-refractivity contribution in [1.29, 1.82) is 5.26 Å². The van der Waals surface area contributed by atoms with Crippen LogP contribution in [-0.4, -0.2) is 36.1 Å². The molecule has 3 rings (SSSR count). The second-order valence-corrected chi connectivity index (χ2v) is 6.10. The molecule has 2 heterocycles. The van der Waals surface area contributed by atoms with Crippen LogP contribution in [0.5, 0.6) is 11.5 Å². The van der Waals surface area contributed by atoms with Crippen molar-refractivity contribution in [2.24, 2.45) is 7.05 Å². The summed E-state index contributed by atoms with van der Waals surface area (Å²) >= 11 is 0. The van der Waals surface area contributed by atoms with Crippen molar-refractivity contribution >= 4 is 5.91 Å². The first-order valence-electron chi connectivity index (χ1n) is 8.18. The van der Waals surface area contributed by atoms with Gasteiger partial charge < -0.3 is 18.9 Å². The standard InChI is InChI=1S/C19H21N3O3/c1-21-12-13(11-20)9-17(21)19(23)22-8-4-5-16(22)15-7-6-14(24-2)10-18(15)25-3/h6-7,9-10,12,16H,4-5,8H2,1-3H3. The molecule has 6 heteroatoms. The van der Waals surface area contributed by atoms with E-state index >= 15 is 0 Å². The van der Waals surface area contributed by atoms with Crippen molar-refractivity contribution in [3.63, 3.8) is 0 Å². The molecule has 25 heavy (non-hydrogen) atoms. The summed E-state index contributed by atoms with van der Waals surface area (Å²) in [5, 5.41) is 9.05. The number of hydrogen-bond donors (Lipinski definition) is 0. The van der Waals surface area contributed by atoms with Crippen LogP contribution in [-0.2, 0) is 7.05 Å². The van der Waals surface area contributed by atoms with Gasteiger partial charge in [0.1, 0.15) is 23.3 Å². The van der Waals surface area contributed by atoms with Gasteiger partial charge in [-0.15, -0.1) is 0 Å². The number of rotatable bonds is 4. The molecule has 0 saturated carbocycles. The molecular formula is C19H21N3O3. The predicted octanol–water partition coefficient (Wildman–Crippen LogP) is 2.89. The van der Waals surface area contributed by atoms with E-state index in [1.54, 1.807) is 38.1 Å². The molecule has 1 aliphatic heterocycles. The van der Waals surface area contributed by atoms with Crippen LogP contribution in [0.25, 0.3) is 0 Å². The zero-order chi connectivity index (χ0) is 18.0. The van der Waals surface area contributed by atoms with Gasteiger partial charge in [0, 0.05) is 31.4 Å². The van der Waals surface area contributed by atoms with Gasteiger partial charge in [0.15, 0.2) is 0 Å². The van der Waals surface area contributed by atoms with Crippen molar-refractivity contribution in [2.45, 2.75) is 18.9 Å². The third-order valence-corrected chi connectivity index (χ3v) is 4.67. The quantitative estimate of drug-likeness (QED) is 0.859. The van der Waals surface area contributed by atoms with Gasteiger partial charge in [-0.1, -0.05) is 0 Å². The van der Waals surface area contributed by atoms with Crippen molar-refractivity contribution in [3.05, 3.63) is 47.3 Å². The fraction of sp³-hybridized carbons (Fsp3) is 0.368. The topological polar surface area (TPSA) is 67.5 Å². The van der Waals surface area contributed by atoms with Crippen LogP contribution in [0, 0.1) is 11.3 Å². The van der Waals surface area contributed by atoms with Crippen molar-refractivity contribution in [1.82, 2.24) is 9.47 Å². The first-order chi connectivity index (χ1) is 12.1. The molecule has 1 amide bonds. The zero-order valence-electron chi connectivity index (χ0n) is 14.7. The molecule has 1 aliphatic rings. The van der Waals surface area contributed by atoms with Crippen LogP contribution in [0.1, 0.15) is 40.5 Å². The van der Waals surface area contributed by atoms with E-state index in [4.69, 9.17) is 14.7 Å². The highest BCUT2D eigenvalue weighted by Gasteiger charge is 2.33. The fourth-order valence-electron chi connectivity index (χ4n) is 3.41. The highest BCUT2D eigenvalue weighted by atomic mass is 16.5. The second-order valence-electron chi connectivity index (χ2n) is 6.10. The largest absolute Gasteiger partial charge is 0.497 e. The summed E-state index contributed by atoms with van der Waals surface area (Å²) in [6.45, 7) is 0.686. The van der Waals surface area contributed by atoms with Gasteiger partial charge in [0.25, 0.3) is 5.91 Å². The summed E-state index contributed by atoms with van der Waals surface area (Å²) in [5.74, 6) is 1.37. The van der Waals surface area contributed by atoms with Crippen LogP contribution in [0.3, 0.4) is 0 Å². The zero-order valence-corrected chi connectivity index (χ0v) is 14.7. The number of likely N-dealkylation sites (tertiary alicyclic amines) is 1. The number of amides is 1. The van der Waals surface area contributed by atoms with Crippen LogP contribution in [0.2, 0.25) is 0 Å². The molecule has 0 aliphatic carbocycles. The van der Waals surface area contributed by atoms with Gasteiger partial charge in [-0.25, -0.2) is 0 Å². The lowest BCUT2D eigenvalue weighted by atomic mass is 10.0. The Labute approximate surface area is 147 Å². The molecule has 0 N–H and O–H groups in total. The average Bonchev–Trinajstić information content (AvgIpc) is 3.27. The van der Waals surface area contributed by atoms with Gasteiger partial charge in [0.2, 0.25) is 0 Å². The van der Waals surface area contributed by atoms with E-state index in [-0.39, 0.29) is 11.9 Å². The summed E-state index contributed by atoms with van der Waals surface area (Å²) in [6, 6.07) is 9.36. The molecule has 6 nitrogen and oxygen atoms in total. The van der Waals surface area contributed by atoms with Crippen LogP contribution in [0.15, 0.2) is 30.5 Å². The van der Waals surface area contributed by atoms with Gasteiger partial charge >= 0.3 is 0 Å². The van der Waals surface area contributed by atoms with E-state index < -0.39 is 0 Å². The minimum Gasteiger partial charge on any atom is -0.497 e. The SMILES string of the molecule is COc1ccc(C2CCCN2C(=O)c2cc(C#N)cn2C)c(OC)c1. The number of nitriles is 1. The Morgan fingerprint density at radius 3 is 2.72 bits per heavy atom. The van der Waals surface area contributed by atoms with E-state index in [1.165, 1.54) is 0 Å². The molecule has 1 aromatic heterocycles. The van der Waals surface area contributed by atoms with Gasteiger partial charge in [-0.3, -0.25) is 4.79 Å². The third kappa shape index (κ3) is 3.05. The lowest BCUT2D eigenvalue weighted by molar-refractivity contribution is 0.0724. The van der Waals surface area contributed by atoms with E-state index in [0.29, 0.717) is 23.6 Å². The van der Waals surface area contributed by atoms with Crippen molar-refractivity contribution in [2.75, 3.05) is 20.8 Å². The van der Waals surface area contributed by atoms with Crippen LogP contribution < -0.4 is 9.47 Å². The van der Waals surface area contributed by atoms with Crippen molar-refractivity contribution < 1.29 is 14.3 Å². The maximum absolute atomic E-state index is 13.0. The molecule has 1 unspecified atom stereocenters. The summed E-state index contributed by atoms with van der Waals surface area (Å²) in [5.41, 5.74) is 1.99. The molecule has 1 saturated heterocycles. The minimum absolute atomic E-state index is 0.0474. The van der Waals surface area contributed by atoms with E-state index in [9.17, 15) is 4.79 Å². The minimum atomic E-state index is -0.0654. The molecule has 0 spiro atoms. The fourth-order valence-corrected chi connectivity index (χ4v) is 3.41. The number of hydrogen-bond acceptors (Lipinski definition) is 4. The first kappa shape index (κ1) is 16.9. The number of ether oxygens (including phenoxy) is 2. The number of nitrogens with zero attached hydrogens (tertiary/aromatic N) is 3. The van der Waals surface area contributed by atoms with E-state index in [0.717, 1.165) is 24.2 Å². The Morgan fingerprint density at radius 1 is 1.28 bits per heavy atom. The van der Waals surface area contributed by atoms with Crippen LogP contribution in [0.4, 0.5) is 0 Å². The maximum atomic E-state index is 13.0. The third-order valence-electron chi connectivity index (χ3n) is 4.67. The van der Waals surface area contributed by atoms with Gasteiger partial charge in [-0.05, 0) is 31.0 Å². The lowest BCUT2D eigenvalue weighted by Crippen LogP contribution is -2.32. The molecule has 0 bridgehead atoms. The monoisotopic (exact) mass is 339 g/mol. The molecule has 130 valence electrons. The summed E-state index contributed by atoms with van der Waals surface area (Å²) in [4.78, 5) is 14.9. The predicted molar refractivity (Wildman–Crippen MR) is 92.7 cm³/mol. The Bertz CT molecular complexity index is 835. The first-order valence-corrected chi connectivity index (χ1v) is 8.18. The molecule has 1 aromatic carbocycles. The average molecular weight is 339 g/mol. The number of carbonyl (C=O) groups is 1. The molecule has 1 atom stereocenters. The summed E-state index contributed by atoms with van der Waals surface area (Å²) in [7, 11) is 5.02. The smallest absolute Gasteiger partial charge is 0.271 e. The molecule has 0 radical (unpaired) electrons. The number of methoxy groups -OCH3 is 2. The number of carbonyl (C=O) groups excluding carboxylic acids is 1. The Hall–Kier alpha value is -2.94. The Morgan fingerprint density at radius 2 is 2.08 bits per heavy atom. The molecule has 1 fully saturated rings. The Balaban J connectivity index is 1.94. The highest BCUT2D eigenvalue weighted by molar-refractivity contribution is 5.93. The summed E-state index contributed by atoms with van der Waals surface area (Å²) in [6.07, 6.45) is 3.48.